The van der Waals surface area contributed by atoms with Gasteiger partial charge in [-0.05, 0) is 24.7 Å². The van der Waals surface area contributed by atoms with E-state index in [4.69, 9.17) is 0 Å². The summed E-state index contributed by atoms with van der Waals surface area (Å²) in [5, 5.41) is 5.41. The molecule has 1 heterocycles. The van der Waals surface area contributed by atoms with Gasteiger partial charge < -0.3 is 15.5 Å². The van der Waals surface area contributed by atoms with E-state index in [0.29, 0.717) is 30.1 Å². The highest BCUT2D eigenvalue weighted by molar-refractivity contribution is 8.00. The fourth-order valence-corrected chi connectivity index (χ4v) is 3.16. The van der Waals surface area contributed by atoms with Gasteiger partial charge in [0.25, 0.3) is 5.91 Å². The van der Waals surface area contributed by atoms with Crippen LogP contribution in [0.3, 0.4) is 0 Å². The van der Waals surface area contributed by atoms with E-state index in [9.17, 15) is 22.8 Å². The minimum absolute atomic E-state index is 0.0853. The fraction of sp³-hybridized carbons (Fsp3) is 0.500. The number of carbonyl (C=O) groups is 2. The number of rotatable bonds is 7. The number of halogens is 3. The first kappa shape index (κ1) is 19.6. The number of alkyl halides is 3. The van der Waals surface area contributed by atoms with Crippen molar-refractivity contribution in [3.05, 3.63) is 23.8 Å². The molecule has 138 valence electrons. The Kier molecular flexibility index (Phi) is 6.71. The Balaban J connectivity index is 1.84. The summed E-state index contributed by atoms with van der Waals surface area (Å²) in [4.78, 5) is 26.1. The van der Waals surface area contributed by atoms with Gasteiger partial charge in [0, 0.05) is 30.1 Å². The molecule has 0 bridgehead atoms. The standard InChI is InChI=1S/C16H20F3N3O2S/c1-2-22(7-5-16(17,18)19)8-6-20-15(24)11-3-4-13-12(9-11)21-14(23)10-25-13/h3-4,9H,2,5-8,10H2,1H3,(H,20,24)(H,21,23). The number of nitrogens with zero attached hydrogens (tertiary/aromatic N) is 1. The van der Waals surface area contributed by atoms with Gasteiger partial charge in [0.1, 0.15) is 0 Å². The van der Waals surface area contributed by atoms with E-state index >= 15 is 0 Å². The van der Waals surface area contributed by atoms with Crippen LogP contribution in [0.25, 0.3) is 0 Å². The van der Waals surface area contributed by atoms with Crippen molar-refractivity contribution < 1.29 is 22.8 Å². The Labute approximate surface area is 148 Å². The summed E-state index contributed by atoms with van der Waals surface area (Å²) < 4.78 is 36.8. The van der Waals surface area contributed by atoms with Crippen LogP contribution in [0, 0.1) is 0 Å². The zero-order valence-electron chi connectivity index (χ0n) is 13.8. The molecule has 0 unspecified atom stereocenters. The van der Waals surface area contributed by atoms with Gasteiger partial charge in [-0.2, -0.15) is 13.2 Å². The number of benzene rings is 1. The number of carbonyl (C=O) groups excluding carboxylic acids is 2. The number of likely N-dealkylation sites (N-methyl/N-ethyl adjacent to an activating group) is 1. The van der Waals surface area contributed by atoms with Crippen molar-refractivity contribution in [3.8, 4) is 0 Å². The van der Waals surface area contributed by atoms with E-state index in [1.54, 1.807) is 30.0 Å². The average Bonchev–Trinajstić information content (AvgIpc) is 2.56. The maximum Gasteiger partial charge on any atom is 0.390 e. The fourth-order valence-electron chi connectivity index (χ4n) is 2.37. The highest BCUT2D eigenvalue weighted by Crippen LogP contribution is 2.31. The maximum atomic E-state index is 12.3. The van der Waals surface area contributed by atoms with Gasteiger partial charge in [-0.3, -0.25) is 9.59 Å². The lowest BCUT2D eigenvalue weighted by molar-refractivity contribution is -0.137. The lowest BCUT2D eigenvalue weighted by atomic mass is 10.2. The molecule has 2 amide bonds. The van der Waals surface area contributed by atoms with Gasteiger partial charge in [0.15, 0.2) is 0 Å². The van der Waals surface area contributed by atoms with Crippen LogP contribution in [0.4, 0.5) is 18.9 Å². The van der Waals surface area contributed by atoms with Gasteiger partial charge in [0.05, 0.1) is 17.9 Å². The molecule has 9 heteroatoms. The second-order valence-electron chi connectivity index (χ2n) is 5.60. The third-order valence-electron chi connectivity index (χ3n) is 3.75. The zero-order valence-corrected chi connectivity index (χ0v) is 14.6. The topological polar surface area (TPSA) is 61.4 Å². The highest BCUT2D eigenvalue weighted by Gasteiger charge is 2.27. The van der Waals surface area contributed by atoms with E-state index in [2.05, 4.69) is 10.6 Å². The van der Waals surface area contributed by atoms with Gasteiger partial charge in [-0.25, -0.2) is 0 Å². The summed E-state index contributed by atoms with van der Waals surface area (Å²) in [5.41, 5.74) is 1.01. The summed E-state index contributed by atoms with van der Waals surface area (Å²) in [6.45, 7) is 2.77. The second-order valence-corrected chi connectivity index (χ2v) is 6.62. The van der Waals surface area contributed by atoms with Crippen LogP contribution in [-0.4, -0.2) is 54.8 Å². The molecule has 0 spiro atoms. The third kappa shape index (κ3) is 6.24. The first-order chi connectivity index (χ1) is 11.8. The van der Waals surface area contributed by atoms with Crippen LogP contribution in [0.15, 0.2) is 23.1 Å². The van der Waals surface area contributed by atoms with E-state index in [1.165, 1.54) is 11.8 Å². The summed E-state index contributed by atoms with van der Waals surface area (Å²) in [6, 6.07) is 5.05. The number of amides is 2. The lowest BCUT2D eigenvalue weighted by Crippen LogP contribution is -2.36. The molecule has 2 N–H and O–H groups in total. The second kappa shape index (κ2) is 8.57. The Morgan fingerprint density at radius 1 is 1.36 bits per heavy atom. The first-order valence-electron chi connectivity index (χ1n) is 7.92. The van der Waals surface area contributed by atoms with Crippen LogP contribution >= 0.6 is 11.8 Å². The number of hydrogen-bond acceptors (Lipinski definition) is 4. The Morgan fingerprint density at radius 2 is 2.12 bits per heavy atom. The van der Waals surface area contributed by atoms with Gasteiger partial charge in [-0.1, -0.05) is 6.92 Å². The molecule has 1 aromatic carbocycles. The SMILES string of the molecule is CCN(CCNC(=O)c1ccc2c(c1)NC(=O)CS2)CCC(F)(F)F. The van der Waals surface area contributed by atoms with Crippen molar-refractivity contribution in [2.75, 3.05) is 37.2 Å². The minimum atomic E-state index is -4.18. The smallest absolute Gasteiger partial charge is 0.351 e. The van der Waals surface area contributed by atoms with Crippen molar-refractivity contribution in [2.24, 2.45) is 0 Å². The highest BCUT2D eigenvalue weighted by atomic mass is 32.2. The molecule has 1 aliphatic heterocycles. The van der Waals surface area contributed by atoms with Gasteiger partial charge in [-0.15, -0.1) is 11.8 Å². The Morgan fingerprint density at radius 3 is 2.80 bits per heavy atom. The molecule has 0 aromatic heterocycles. The number of anilines is 1. The zero-order chi connectivity index (χ0) is 18.4. The monoisotopic (exact) mass is 375 g/mol. The molecular weight excluding hydrogens is 355 g/mol. The van der Waals surface area contributed by atoms with Gasteiger partial charge in [0.2, 0.25) is 5.91 Å². The molecule has 0 saturated heterocycles. The largest absolute Gasteiger partial charge is 0.390 e. The average molecular weight is 375 g/mol. The minimum Gasteiger partial charge on any atom is -0.351 e. The van der Waals surface area contributed by atoms with Crippen LogP contribution in [-0.2, 0) is 4.79 Å². The van der Waals surface area contributed by atoms with Crippen molar-refractivity contribution in [2.45, 2.75) is 24.4 Å². The molecule has 0 radical (unpaired) electrons. The van der Waals surface area contributed by atoms with Crippen molar-refractivity contribution >= 4 is 29.3 Å². The summed E-state index contributed by atoms with van der Waals surface area (Å²) in [7, 11) is 0. The number of nitrogens with one attached hydrogen (secondary N) is 2. The van der Waals surface area contributed by atoms with Crippen LogP contribution in [0.1, 0.15) is 23.7 Å². The molecule has 0 fully saturated rings. The Hall–Kier alpha value is -1.74. The predicted octanol–water partition coefficient (Wildman–Crippen LogP) is 2.73. The number of thioether (sulfide) groups is 1. The van der Waals surface area contributed by atoms with Crippen LogP contribution < -0.4 is 10.6 Å². The predicted molar refractivity (Wildman–Crippen MR) is 90.9 cm³/mol. The van der Waals surface area contributed by atoms with E-state index < -0.39 is 12.6 Å². The molecule has 0 atom stereocenters. The van der Waals surface area contributed by atoms with Crippen molar-refractivity contribution in [1.82, 2.24) is 10.2 Å². The lowest BCUT2D eigenvalue weighted by Gasteiger charge is -2.21. The van der Waals surface area contributed by atoms with E-state index in [0.717, 1.165) is 4.90 Å². The van der Waals surface area contributed by atoms with Gasteiger partial charge >= 0.3 is 6.18 Å². The maximum absolute atomic E-state index is 12.3. The molecule has 2 rings (SSSR count). The first-order valence-corrected chi connectivity index (χ1v) is 8.91. The quantitative estimate of drug-likeness (QED) is 0.769. The van der Waals surface area contributed by atoms with Crippen molar-refractivity contribution in [3.63, 3.8) is 0 Å². The molecule has 1 aliphatic rings. The normalized spacial score (nSPS) is 14.2. The molecule has 0 aliphatic carbocycles. The number of fused-ring (bicyclic) bond motifs is 1. The molecular formula is C16H20F3N3O2S. The van der Waals surface area contributed by atoms with Crippen molar-refractivity contribution in [1.29, 1.82) is 0 Å². The van der Waals surface area contributed by atoms with Crippen LogP contribution in [0.5, 0.6) is 0 Å². The Bertz CT molecular complexity index is 638. The van der Waals surface area contributed by atoms with E-state index in [-0.39, 0.29) is 24.9 Å². The molecule has 5 nitrogen and oxygen atoms in total. The summed E-state index contributed by atoms with van der Waals surface area (Å²) >= 11 is 1.41. The summed E-state index contributed by atoms with van der Waals surface area (Å²) in [5.74, 6) is -0.0821. The van der Waals surface area contributed by atoms with Crippen LogP contribution in [0.2, 0.25) is 0 Å². The molecule has 1 aromatic rings. The molecule has 25 heavy (non-hydrogen) atoms. The number of hydrogen-bond donors (Lipinski definition) is 2. The van der Waals surface area contributed by atoms with E-state index in [1.807, 2.05) is 0 Å². The third-order valence-corrected chi connectivity index (χ3v) is 4.82. The summed E-state index contributed by atoms with van der Waals surface area (Å²) in [6.07, 6.45) is -5.04. The molecule has 0 saturated carbocycles.